The van der Waals surface area contributed by atoms with E-state index < -0.39 is 9.84 Å². The molecule has 0 radical (unpaired) electrons. The number of nitrogens with one attached hydrogen (secondary N) is 2. The highest BCUT2D eigenvalue weighted by atomic mass is 32.2. The summed E-state index contributed by atoms with van der Waals surface area (Å²) in [6.07, 6.45) is 0.672. The zero-order chi connectivity index (χ0) is 17.3. The van der Waals surface area contributed by atoms with Crippen LogP contribution in [-0.2, 0) is 14.6 Å². The van der Waals surface area contributed by atoms with Crippen molar-refractivity contribution < 1.29 is 13.2 Å². The lowest BCUT2D eigenvalue weighted by Gasteiger charge is -2.22. The molecule has 0 aliphatic rings. The van der Waals surface area contributed by atoms with Gasteiger partial charge in [-0.15, -0.1) is 0 Å². The summed E-state index contributed by atoms with van der Waals surface area (Å²) in [7, 11) is -0.0395. The van der Waals surface area contributed by atoms with E-state index in [1.54, 1.807) is 44.5 Å². The van der Waals surface area contributed by atoms with Gasteiger partial charge in [-0.05, 0) is 25.5 Å². The van der Waals surface area contributed by atoms with Crippen LogP contribution in [0, 0.1) is 0 Å². The van der Waals surface area contributed by atoms with Crippen molar-refractivity contribution in [1.29, 1.82) is 0 Å². The SMILES string of the molecule is CCC(CS(=O)(=O)c1ccccc1)NC(=NC)NC(C)COC. The Morgan fingerprint density at radius 3 is 2.43 bits per heavy atom. The highest BCUT2D eigenvalue weighted by molar-refractivity contribution is 7.91. The second-order valence-electron chi connectivity index (χ2n) is 5.42. The Morgan fingerprint density at radius 1 is 1.26 bits per heavy atom. The van der Waals surface area contributed by atoms with Gasteiger partial charge in [-0.1, -0.05) is 25.1 Å². The highest BCUT2D eigenvalue weighted by Crippen LogP contribution is 2.12. The van der Waals surface area contributed by atoms with E-state index in [1.807, 2.05) is 13.8 Å². The molecule has 0 fully saturated rings. The average molecular weight is 341 g/mol. The van der Waals surface area contributed by atoms with E-state index in [9.17, 15) is 8.42 Å². The molecule has 23 heavy (non-hydrogen) atoms. The molecule has 6 nitrogen and oxygen atoms in total. The van der Waals surface area contributed by atoms with Crippen LogP contribution in [0.1, 0.15) is 20.3 Å². The van der Waals surface area contributed by atoms with Gasteiger partial charge in [0.15, 0.2) is 15.8 Å². The third kappa shape index (κ3) is 6.58. The molecule has 0 saturated heterocycles. The smallest absolute Gasteiger partial charge is 0.191 e. The van der Waals surface area contributed by atoms with E-state index in [0.29, 0.717) is 23.9 Å². The summed E-state index contributed by atoms with van der Waals surface area (Å²) in [5, 5.41) is 6.35. The predicted molar refractivity (Wildman–Crippen MR) is 93.5 cm³/mol. The molecule has 2 atom stereocenters. The number of benzene rings is 1. The lowest BCUT2D eigenvalue weighted by molar-refractivity contribution is 0.179. The minimum Gasteiger partial charge on any atom is -0.383 e. The van der Waals surface area contributed by atoms with Crippen LogP contribution in [-0.4, -0.2) is 53.0 Å². The third-order valence-electron chi connectivity index (χ3n) is 3.38. The van der Waals surface area contributed by atoms with Crippen LogP contribution in [0.15, 0.2) is 40.2 Å². The zero-order valence-electron chi connectivity index (χ0n) is 14.2. The number of sulfone groups is 1. The first-order valence-electron chi connectivity index (χ1n) is 7.69. The fourth-order valence-corrected chi connectivity index (χ4v) is 3.75. The molecule has 2 N–H and O–H groups in total. The number of aliphatic imine (C=N–C) groups is 1. The van der Waals surface area contributed by atoms with Gasteiger partial charge < -0.3 is 15.4 Å². The topological polar surface area (TPSA) is 79.8 Å². The molecule has 0 heterocycles. The van der Waals surface area contributed by atoms with E-state index in [1.165, 1.54) is 0 Å². The standard InChI is InChI=1S/C16H27N3O3S/c1-5-14(19-16(17-3)18-13(2)11-22-4)12-23(20,21)15-9-7-6-8-10-15/h6-10,13-14H,5,11-12H2,1-4H3,(H2,17,18,19). The number of methoxy groups -OCH3 is 1. The van der Waals surface area contributed by atoms with Gasteiger partial charge in [-0.2, -0.15) is 0 Å². The summed E-state index contributed by atoms with van der Waals surface area (Å²) >= 11 is 0. The number of rotatable bonds is 8. The Hall–Kier alpha value is -1.60. The van der Waals surface area contributed by atoms with Gasteiger partial charge >= 0.3 is 0 Å². The second kappa shape index (κ2) is 9.52. The molecule has 0 spiro atoms. The van der Waals surface area contributed by atoms with Crippen LogP contribution >= 0.6 is 0 Å². The Labute approximate surface area is 139 Å². The van der Waals surface area contributed by atoms with Crippen molar-refractivity contribution in [3.63, 3.8) is 0 Å². The van der Waals surface area contributed by atoms with E-state index in [2.05, 4.69) is 15.6 Å². The van der Waals surface area contributed by atoms with Crippen LogP contribution in [0.2, 0.25) is 0 Å². The van der Waals surface area contributed by atoms with Crippen LogP contribution in [0.5, 0.6) is 0 Å². The van der Waals surface area contributed by atoms with Crippen LogP contribution in [0.25, 0.3) is 0 Å². The fourth-order valence-electron chi connectivity index (χ4n) is 2.14. The average Bonchev–Trinajstić information content (AvgIpc) is 2.54. The Balaban J connectivity index is 2.73. The van der Waals surface area contributed by atoms with Crippen molar-refractivity contribution in [1.82, 2.24) is 10.6 Å². The maximum Gasteiger partial charge on any atom is 0.191 e. The highest BCUT2D eigenvalue weighted by Gasteiger charge is 2.21. The van der Waals surface area contributed by atoms with E-state index >= 15 is 0 Å². The minimum absolute atomic E-state index is 0.0207. The van der Waals surface area contributed by atoms with Crippen molar-refractivity contribution in [2.75, 3.05) is 26.5 Å². The number of hydrogen-bond donors (Lipinski definition) is 2. The lowest BCUT2D eigenvalue weighted by atomic mass is 10.2. The molecule has 7 heteroatoms. The molecule has 130 valence electrons. The number of guanidine groups is 1. The molecule has 0 saturated carbocycles. The molecular formula is C16H27N3O3S. The largest absolute Gasteiger partial charge is 0.383 e. The molecule has 0 amide bonds. The van der Waals surface area contributed by atoms with Gasteiger partial charge in [0.2, 0.25) is 0 Å². The van der Waals surface area contributed by atoms with Crippen molar-refractivity contribution in [2.24, 2.45) is 4.99 Å². The summed E-state index contributed by atoms with van der Waals surface area (Å²) in [5.41, 5.74) is 0. The zero-order valence-corrected chi connectivity index (χ0v) is 15.1. The summed E-state index contributed by atoms with van der Waals surface area (Å²) < 4.78 is 30.0. The first-order valence-corrected chi connectivity index (χ1v) is 9.34. The van der Waals surface area contributed by atoms with Crippen molar-refractivity contribution in [3.8, 4) is 0 Å². The van der Waals surface area contributed by atoms with Gasteiger partial charge in [0.1, 0.15) is 0 Å². The third-order valence-corrected chi connectivity index (χ3v) is 5.21. The first-order chi connectivity index (χ1) is 10.9. The van der Waals surface area contributed by atoms with E-state index in [0.717, 1.165) is 0 Å². The molecule has 0 aliphatic heterocycles. The Kier molecular flexibility index (Phi) is 8.05. The summed E-state index contributed by atoms with van der Waals surface area (Å²) in [4.78, 5) is 4.49. The van der Waals surface area contributed by atoms with Gasteiger partial charge in [-0.3, -0.25) is 4.99 Å². The van der Waals surface area contributed by atoms with Crippen molar-refractivity contribution in [3.05, 3.63) is 30.3 Å². The van der Waals surface area contributed by atoms with E-state index in [4.69, 9.17) is 4.74 Å². The molecule has 0 aliphatic carbocycles. The quantitative estimate of drug-likeness (QED) is 0.552. The van der Waals surface area contributed by atoms with Crippen LogP contribution in [0.3, 0.4) is 0 Å². The molecule has 2 unspecified atom stereocenters. The second-order valence-corrected chi connectivity index (χ2v) is 7.45. The normalized spacial score (nSPS) is 15.0. The molecule has 1 rings (SSSR count). The number of nitrogens with zero attached hydrogens (tertiary/aromatic N) is 1. The summed E-state index contributed by atoms with van der Waals surface area (Å²) in [6.45, 7) is 4.46. The van der Waals surface area contributed by atoms with Crippen LogP contribution in [0.4, 0.5) is 0 Å². The monoisotopic (exact) mass is 341 g/mol. The number of hydrogen-bond acceptors (Lipinski definition) is 4. The molecule has 0 bridgehead atoms. The van der Waals surface area contributed by atoms with Crippen molar-refractivity contribution in [2.45, 2.75) is 37.2 Å². The molecular weight excluding hydrogens is 314 g/mol. The Bertz CT molecular complexity index is 588. The molecule has 0 aromatic heterocycles. The van der Waals surface area contributed by atoms with Crippen molar-refractivity contribution >= 4 is 15.8 Å². The Morgan fingerprint density at radius 2 is 1.91 bits per heavy atom. The van der Waals surface area contributed by atoms with Gasteiger partial charge in [0.25, 0.3) is 0 Å². The molecule has 1 aromatic carbocycles. The van der Waals surface area contributed by atoms with E-state index in [-0.39, 0.29) is 17.8 Å². The summed E-state index contributed by atoms with van der Waals surface area (Å²) in [5.74, 6) is 0.594. The maximum absolute atomic E-state index is 12.5. The lowest BCUT2D eigenvalue weighted by Crippen LogP contribution is -2.49. The van der Waals surface area contributed by atoms with Gasteiger partial charge in [0, 0.05) is 26.2 Å². The fraction of sp³-hybridized carbons (Fsp3) is 0.562. The first kappa shape index (κ1) is 19.4. The summed E-state index contributed by atoms with van der Waals surface area (Å²) in [6, 6.07) is 8.36. The van der Waals surface area contributed by atoms with Gasteiger partial charge in [-0.25, -0.2) is 8.42 Å². The molecule has 1 aromatic rings. The van der Waals surface area contributed by atoms with Gasteiger partial charge in [0.05, 0.1) is 17.3 Å². The predicted octanol–water partition coefficient (Wildman–Crippen LogP) is 1.44. The minimum atomic E-state index is -3.33. The number of ether oxygens (including phenoxy) is 1. The maximum atomic E-state index is 12.5. The van der Waals surface area contributed by atoms with Crippen LogP contribution < -0.4 is 10.6 Å².